The summed E-state index contributed by atoms with van der Waals surface area (Å²) in [6.45, 7) is 2.18. The first-order valence-electron chi connectivity index (χ1n) is 6.53. The van der Waals surface area contributed by atoms with Crippen LogP contribution in [0.5, 0.6) is 5.75 Å². The van der Waals surface area contributed by atoms with Crippen molar-refractivity contribution in [1.29, 1.82) is 0 Å². The van der Waals surface area contributed by atoms with Crippen LogP contribution < -0.4 is 10.1 Å². The van der Waals surface area contributed by atoms with Gasteiger partial charge >= 0.3 is 0 Å². The summed E-state index contributed by atoms with van der Waals surface area (Å²) in [5.74, 6) is 0.409. The highest BCUT2D eigenvalue weighted by Crippen LogP contribution is 2.25. The number of ether oxygens (including phenoxy) is 1. The molecule has 2 aromatic carbocycles. The number of methoxy groups -OCH3 is 1. The Morgan fingerprint density at radius 2 is 1.95 bits per heavy atom. The molecule has 1 unspecified atom stereocenters. The number of anilines is 1. The summed E-state index contributed by atoms with van der Waals surface area (Å²) in [6, 6.07) is 10.3. The van der Waals surface area contributed by atoms with Crippen molar-refractivity contribution in [2.75, 3.05) is 19.0 Å². The van der Waals surface area contributed by atoms with Crippen LogP contribution in [0.3, 0.4) is 0 Å². The van der Waals surface area contributed by atoms with Gasteiger partial charge in [0.05, 0.1) is 17.7 Å². The van der Waals surface area contributed by atoms with E-state index in [9.17, 15) is 9.50 Å². The van der Waals surface area contributed by atoms with E-state index in [0.29, 0.717) is 16.7 Å². The molecule has 0 amide bonds. The molecule has 21 heavy (non-hydrogen) atoms. The highest BCUT2D eigenvalue weighted by Gasteiger charge is 2.10. The van der Waals surface area contributed by atoms with Crippen LogP contribution in [-0.4, -0.2) is 18.8 Å². The average molecular weight is 354 g/mol. The molecule has 3 nitrogen and oxygen atoms in total. The Morgan fingerprint density at radius 3 is 2.57 bits per heavy atom. The molecular weight excluding hydrogens is 337 g/mol. The van der Waals surface area contributed by atoms with Crippen LogP contribution in [0, 0.1) is 12.7 Å². The molecule has 0 aliphatic rings. The van der Waals surface area contributed by atoms with E-state index >= 15 is 0 Å². The lowest BCUT2D eigenvalue weighted by molar-refractivity contribution is 0.191. The first-order chi connectivity index (χ1) is 10.0. The van der Waals surface area contributed by atoms with Crippen molar-refractivity contribution in [1.82, 2.24) is 0 Å². The van der Waals surface area contributed by atoms with E-state index in [-0.39, 0.29) is 5.82 Å². The van der Waals surface area contributed by atoms with E-state index in [4.69, 9.17) is 4.74 Å². The van der Waals surface area contributed by atoms with Gasteiger partial charge in [0, 0.05) is 12.2 Å². The van der Waals surface area contributed by atoms with Crippen molar-refractivity contribution >= 4 is 21.6 Å². The molecule has 112 valence electrons. The molecule has 0 fully saturated rings. The second kappa shape index (κ2) is 6.91. The third-order valence-corrected chi connectivity index (χ3v) is 3.86. The Labute approximate surface area is 131 Å². The van der Waals surface area contributed by atoms with E-state index in [0.717, 1.165) is 16.9 Å². The first-order valence-corrected chi connectivity index (χ1v) is 7.32. The first kappa shape index (κ1) is 15.8. The van der Waals surface area contributed by atoms with Crippen molar-refractivity contribution in [2.24, 2.45) is 0 Å². The zero-order valence-electron chi connectivity index (χ0n) is 11.9. The van der Waals surface area contributed by atoms with Crippen molar-refractivity contribution in [2.45, 2.75) is 13.0 Å². The second-order valence-electron chi connectivity index (χ2n) is 4.75. The van der Waals surface area contributed by atoms with Gasteiger partial charge in [-0.3, -0.25) is 0 Å². The summed E-state index contributed by atoms with van der Waals surface area (Å²) in [6.07, 6.45) is -0.679. The zero-order valence-corrected chi connectivity index (χ0v) is 13.4. The lowest BCUT2D eigenvalue weighted by Gasteiger charge is -2.15. The summed E-state index contributed by atoms with van der Waals surface area (Å²) in [7, 11) is 1.60. The fourth-order valence-electron chi connectivity index (χ4n) is 1.99. The SMILES string of the molecule is COc1ccc(C(O)CNc2cc(F)c(Br)cc2C)cc1. The van der Waals surface area contributed by atoms with Crippen LogP contribution >= 0.6 is 15.9 Å². The molecule has 0 bridgehead atoms. The van der Waals surface area contributed by atoms with Gasteiger partial charge in [-0.1, -0.05) is 12.1 Å². The molecule has 1 atom stereocenters. The molecule has 0 aliphatic carbocycles. The minimum atomic E-state index is -0.679. The number of hydrogen-bond acceptors (Lipinski definition) is 3. The number of benzene rings is 2. The molecule has 0 aromatic heterocycles. The lowest BCUT2D eigenvalue weighted by Crippen LogP contribution is -2.13. The summed E-state index contributed by atoms with van der Waals surface area (Å²) in [4.78, 5) is 0. The normalized spacial score (nSPS) is 12.0. The van der Waals surface area contributed by atoms with Gasteiger partial charge in [0.1, 0.15) is 11.6 Å². The van der Waals surface area contributed by atoms with Crippen LogP contribution in [-0.2, 0) is 0 Å². The molecule has 2 aromatic rings. The Bertz CT molecular complexity index is 616. The molecule has 2 N–H and O–H groups in total. The molecule has 2 rings (SSSR count). The summed E-state index contributed by atoms with van der Waals surface area (Å²) < 4.78 is 19.0. The van der Waals surface area contributed by atoms with Gasteiger partial charge in [-0.15, -0.1) is 0 Å². The maximum absolute atomic E-state index is 13.5. The number of rotatable bonds is 5. The molecule has 0 heterocycles. The molecular formula is C16H17BrFNO2. The van der Waals surface area contributed by atoms with Crippen LogP contribution in [0.15, 0.2) is 40.9 Å². The van der Waals surface area contributed by atoms with Gasteiger partial charge in [0.15, 0.2) is 0 Å². The smallest absolute Gasteiger partial charge is 0.139 e. The zero-order chi connectivity index (χ0) is 15.4. The second-order valence-corrected chi connectivity index (χ2v) is 5.61. The van der Waals surface area contributed by atoms with Gasteiger partial charge in [-0.25, -0.2) is 4.39 Å². The number of halogens is 2. The lowest BCUT2D eigenvalue weighted by atomic mass is 10.1. The molecule has 0 saturated carbocycles. The number of aryl methyl sites for hydroxylation is 1. The molecule has 5 heteroatoms. The van der Waals surface area contributed by atoms with Gasteiger partial charge in [0.25, 0.3) is 0 Å². The maximum atomic E-state index is 13.5. The van der Waals surface area contributed by atoms with E-state index in [2.05, 4.69) is 21.2 Å². The van der Waals surface area contributed by atoms with Crippen molar-refractivity contribution < 1.29 is 14.2 Å². The Balaban J connectivity index is 2.03. The minimum absolute atomic E-state index is 0.300. The highest BCUT2D eigenvalue weighted by molar-refractivity contribution is 9.10. The molecule has 0 radical (unpaired) electrons. The van der Waals surface area contributed by atoms with Gasteiger partial charge < -0.3 is 15.2 Å². The standard InChI is InChI=1S/C16H17BrFNO2/c1-10-7-13(17)14(18)8-15(10)19-9-16(20)11-3-5-12(21-2)6-4-11/h3-8,16,19-20H,9H2,1-2H3. The predicted octanol–water partition coefficient (Wildman–Crippen LogP) is 4.05. The van der Waals surface area contributed by atoms with Gasteiger partial charge in [0.2, 0.25) is 0 Å². The minimum Gasteiger partial charge on any atom is -0.497 e. The third-order valence-electron chi connectivity index (χ3n) is 3.25. The predicted molar refractivity (Wildman–Crippen MR) is 85.3 cm³/mol. The maximum Gasteiger partial charge on any atom is 0.139 e. The molecule has 0 saturated heterocycles. The van der Waals surface area contributed by atoms with Crippen molar-refractivity contribution in [3.8, 4) is 5.75 Å². The van der Waals surface area contributed by atoms with Crippen LogP contribution in [0.1, 0.15) is 17.2 Å². The Kier molecular flexibility index (Phi) is 5.20. The van der Waals surface area contributed by atoms with Crippen molar-refractivity contribution in [3.63, 3.8) is 0 Å². The highest BCUT2D eigenvalue weighted by atomic mass is 79.9. The Hall–Kier alpha value is -1.59. The van der Waals surface area contributed by atoms with E-state index in [1.807, 2.05) is 6.92 Å². The average Bonchev–Trinajstić information content (AvgIpc) is 2.49. The summed E-state index contributed by atoms with van der Waals surface area (Å²) in [5.41, 5.74) is 2.35. The monoisotopic (exact) mass is 353 g/mol. The van der Waals surface area contributed by atoms with Crippen molar-refractivity contribution in [3.05, 3.63) is 57.8 Å². The number of aliphatic hydroxyl groups excluding tert-OH is 1. The van der Waals surface area contributed by atoms with E-state index in [1.54, 1.807) is 37.4 Å². The van der Waals surface area contributed by atoms with Crippen LogP contribution in [0.2, 0.25) is 0 Å². The van der Waals surface area contributed by atoms with Gasteiger partial charge in [-0.05, 0) is 58.2 Å². The van der Waals surface area contributed by atoms with E-state index < -0.39 is 6.10 Å². The molecule has 0 aliphatic heterocycles. The number of hydrogen-bond donors (Lipinski definition) is 2. The largest absolute Gasteiger partial charge is 0.497 e. The summed E-state index contributed by atoms with van der Waals surface area (Å²) in [5, 5.41) is 13.2. The topological polar surface area (TPSA) is 41.5 Å². The quantitative estimate of drug-likeness (QED) is 0.851. The third kappa shape index (κ3) is 3.95. The Morgan fingerprint density at radius 1 is 1.29 bits per heavy atom. The fourth-order valence-corrected chi connectivity index (χ4v) is 2.45. The van der Waals surface area contributed by atoms with E-state index in [1.165, 1.54) is 6.07 Å². The fraction of sp³-hybridized carbons (Fsp3) is 0.250. The van der Waals surface area contributed by atoms with Crippen LogP contribution in [0.25, 0.3) is 0 Å². The number of nitrogens with one attached hydrogen (secondary N) is 1. The van der Waals surface area contributed by atoms with Crippen LogP contribution in [0.4, 0.5) is 10.1 Å². The molecule has 0 spiro atoms. The number of aliphatic hydroxyl groups is 1. The van der Waals surface area contributed by atoms with Gasteiger partial charge in [-0.2, -0.15) is 0 Å². The summed E-state index contributed by atoms with van der Waals surface area (Å²) >= 11 is 3.15.